The third kappa shape index (κ3) is 4.86. The first kappa shape index (κ1) is 22.7. The number of amides is 2. The Kier molecular flexibility index (Phi) is 6.62. The summed E-state index contributed by atoms with van der Waals surface area (Å²) in [6, 6.07) is 4.81. The first-order chi connectivity index (χ1) is 14.6. The summed E-state index contributed by atoms with van der Waals surface area (Å²) in [5.74, 6) is -9.92. The predicted molar refractivity (Wildman–Crippen MR) is 104 cm³/mol. The molecule has 0 spiro atoms. The lowest BCUT2D eigenvalue weighted by Gasteiger charge is -2.33. The maximum atomic E-state index is 14.9. The molecule has 0 bridgehead atoms. The number of alkyl halides is 2. The Morgan fingerprint density at radius 1 is 1.00 bits per heavy atom. The van der Waals surface area contributed by atoms with Crippen molar-refractivity contribution in [2.24, 2.45) is 5.92 Å². The van der Waals surface area contributed by atoms with Crippen molar-refractivity contribution in [2.45, 2.75) is 32.1 Å². The number of likely N-dealkylation sites (tertiary alicyclic amines) is 1. The SMILES string of the molecule is CCC1CCN(C(=O)C(F)(F)c2cc(C(=O)Nc3ccc(F)c(F)c3)ccc2F)CC1. The normalized spacial score (nSPS) is 15.1. The lowest BCUT2D eigenvalue weighted by atomic mass is 9.93. The number of nitrogens with zero attached hydrogens (tertiary/aromatic N) is 1. The van der Waals surface area contributed by atoms with Gasteiger partial charge in [0.2, 0.25) is 0 Å². The molecule has 3 rings (SSSR count). The van der Waals surface area contributed by atoms with Gasteiger partial charge in [-0.25, -0.2) is 13.2 Å². The topological polar surface area (TPSA) is 49.4 Å². The van der Waals surface area contributed by atoms with Crippen molar-refractivity contribution in [3.8, 4) is 0 Å². The van der Waals surface area contributed by atoms with Gasteiger partial charge in [-0.05, 0) is 49.1 Å². The monoisotopic (exact) mass is 440 g/mol. The van der Waals surface area contributed by atoms with Crippen LogP contribution in [0.15, 0.2) is 36.4 Å². The molecule has 1 aliphatic rings. The first-order valence-corrected chi connectivity index (χ1v) is 9.87. The van der Waals surface area contributed by atoms with Crippen LogP contribution in [0.3, 0.4) is 0 Å². The third-order valence-corrected chi connectivity index (χ3v) is 5.49. The van der Waals surface area contributed by atoms with Gasteiger partial charge in [-0.2, -0.15) is 8.78 Å². The molecule has 0 saturated carbocycles. The standard InChI is InChI=1S/C22H21F5N2O2/c1-2-13-7-9-29(10-8-13)21(31)22(26,27)16-11-14(3-5-17(16)23)20(30)28-15-4-6-18(24)19(25)12-15/h3-6,11-13H,2,7-10H2,1H3,(H,28,30). The van der Waals surface area contributed by atoms with E-state index in [0.29, 0.717) is 30.9 Å². The fourth-order valence-corrected chi connectivity index (χ4v) is 3.54. The summed E-state index contributed by atoms with van der Waals surface area (Å²) < 4.78 is 70.3. The molecule has 1 aliphatic heterocycles. The highest BCUT2D eigenvalue weighted by atomic mass is 19.3. The van der Waals surface area contributed by atoms with E-state index < -0.39 is 40.8 Å². The number of anilines is 1. The molecule has 0 aromatic heterocycles. The average molecular weight is 440 g/mol. The molecule has 2 aromatic carbocycles. The fourth-order valence-electron chi connectivity index (χ4n) is 3.54. The van der Waals surface area contributed by atoms with Crippen molar-refractivity contribution >= 4 is 17.5 Å². The van der Waals surface area contributed by atoms with E-state index in [1.165, 1.54) is 0 Å². The summed E-state index contributed by atoms with van der Waals surface area (Å²) in [6.07, 6.45) is 2.08. The predicted octanol–water partition coefficient (Wildman–Crippen LogP) is 5.10. The molecule has 0 aliphatic carbocycles. The molecular formula is C22H21F5N2O2. The molecule has 2 aromatic rings. The molecule has 1 saturated heterocycles. The quantitative estimate of drug-likeness (QED) is 0.658. The Morgan fingerprint density at radius 2 is 1.65 bits per heavy atom. The van der Waals surface area contributed by atoms with Gasteiger partial charge < -0.3 is 10.2 Å². The van der Waals surface area contributed by atoms with Gasteiger partial charge in [0.05, 0.1) is 5.56 Å². The molecule has 0 radical (unpaired) electrons. The lowest BCUT2D eigenvalue weighted by molar-refractivity contribution is -0.161. The zero-order valence-corrected chi connectivity index (χ0v) is 16.7. The summed E-state index contributed by atoms with van der Waals surface area (Å²) in [4.78, 5) is 25.8. The highest BCUT2D eigenvalue weighted by Crippen LogP contribution is 2.34. The second kappa shape index (κ2) is 9.03. The Hall–Kier alpha value is -2.97. The van der Waals surface area contributed by atoms with E-state index in [9.17, 15) is 31.5 Å². The fraction of sp³-hybridized carbons (Fsp3) is 0.364. The molecule has 9 heteroatoms. The summed E-state index contributed by atoms with van der Waals surface area (Å²) in [5.41, 5.74) is -1.69. The van der Waals surface area contributed by atoms with E-state index in [1.54, 1.807) is 0 Å². The van der Waals surface area contributed by atoms with Gasteiger partial charge in [0.15, 0.2) is 11.6 Å². The van der Waals surface area contributed by atoms with Crippen LogP contribution < -0.4 is 5.32 Å². The molecule has 1 heterocycles. The number of hydrogen-bond acceptors (Lipinski definition) is 2. The van der Waals surface area contributed by atoms with Crippen LogP contribution in [-0.4, -0.2) is 29.8 Å². The summed E-state index contributed by atoms with van der Waals surface area (Å²) >= 11 is 0. The van der Waals surface area contributed by atoms with Crippen LogP contribution in [0.2, 0.25) is 0 Å². The second-order valence-electron chi connectivity index (χ2n) is 7.50. The van der Waals surface area contributed by atoms with Crippen molar-refractivity contribution in [1.82, 2.24) is 4.90 Å². The van der Waals surface area contributed by atoms with Gasteiger partial charge in [-0.15, -0.1) is 0 Å². The highest BCUT2D eigenvalue weighted by Gasteiger charge is 2.46. The van der Waals surface area contributed by atoms with E-state index in [0.717, 1.165) is 35.6 Å². The summed E-state index contributed by atoms with van der Waals surface area (Å²) in [7, 11) is 0. The van der Waals surface area contributed by atoms with Crippen LogP contribution >= 0.6 is 0 Å². The Labute approximate surface area is 176 Å². The zero-order valence-electron chi connectivity index (χ0n) is 16.7. The largest absolute Gasteiger partial charge is 0.352 e. The maximum Gasteiger partial charge on any atom is 0.352 e. The molecule has 0 unspecified atom stereocenters. The van der Waals surface area contributed by atoms with Crippen LogP contribution in [0.5, 0.6) is 0 Å². The number of nitrogens with one attached hydrogen (secondary N) is 1. The van der Waals surface area contributed by atoms with Gasteiger partial charge in [-0.3, -0.25) is 9.59 Å². The van der Waals surface area contributed by atoms with Crippen LogP contribution in [0, 0.1) is 23.4 Å². The van der Waals surface area contributed by atoms with Crippen molar-refractivity contribution in [3.05, 3.63) is 65.0 Å². The maximum absolute atomic E-state index is 14.9. The van der Waals surface area contributed by atoms with E-state index in [2.05, 4.69) is 5.32 Å². The Morgan fingerprint density at radius 3 is 2.26 bits per heavy atom. The minimum absolute atomic E-state index is 0.114. The van der Waals surface area contributed by atoms with Crippen LogP contribution in [0.25, 0.3) is 0 Å². The summed E-state index contributed by atoms with van der Waals surface area (Å²) in [5, 5.41) is 2.22. The van der Waals surface area contributed by atoms with E-state index >= 15 is 0 Å². The van der Waals surface area contributed by atoms with E-state index in [1.807, 2.05) is 6.92 Å². The average Bonchev–Trinajstić information content (AvgIpc) is 2.76. The Bertz CT molecular complexity index is 988. The Balaban J connectivity index is 1.81. The second-order valence-corrected chi connectivity index (χ2v) is 7.50. The molecular weight excluding hydrogens is 419 g/mol. The molecule has 4 nitrogen and oxygen atoms in total. The van der Waals surface area contributed by atoms with Crippen molar-refractivity contribution < 1.29 is 31.5 Å². The first-order valence-electron chi connectivity index (χ1n) is 9.87. The van der Waals surface area contributed by atoms with E-state index in [4.69, 9.17) is 0 Å². The number of benzene rings is 2. The van der Waals surface area contributed by atoms with Crippen LogP contribution in [-0.2, 0) is 10.7 Å². The molecule has 1 fully saturated rings. The smallest absolute Gasteiger partial charge is 0.337 e. The van der Waals surface area contributed by atoms with Crippen molar-refractivity contribution in [3.63, 3.8) is 0 Å². The molecule has 31 heavy (non-hydrogen) atoms. The van der Waals surface area contributed by atoms with Gasteiger partial charge in [-0.1, -0.05) is 13.3 Å². The van der Waals surface area contributed by atoms with Gasteiger partial charge in [0.25, 0.3) is 11.8 Å². The number of piperidine rings is 1. The lowest BCUT2D eigenvalue weighted by Crippen LogP contribution is -2.46. The highest BCUT2D eigenvalue weighted by molar-refractivity contribution is 6.04. The number of carbonyl (C=O) groups excluding carboxylic acids is 2. The van der Waals surface area contributed by atoms with Gasteiger partial charge in [0, 0.05) is 30.4 Å². The van der Waals surface area contributed by atoms with Crippen molar-refractivity contribution in [1.29, 1.82) is 0 Å². The van der Waals surface area contributed by atoms with E-state index in [-0.39, 0.29) is 24.3 Å². The number of carbonyl (C=O) groups is 2. The number of hydrogen-bond donors (Lipinski definition) is 1. The van der Waals surface area contributed by atoms with Crippen molar-refractivity contribution in [2.75, 3.05) is 18.4 Å². The molecule has 1 N–H and O–H groups in total. The summed E-state index contributed by atoms with van der Waals surface area (Å²) in [6.45, 7) is 2.30. The number of rotatable bonds is 5. The number of halogens is 5. The van der Waals surface area contributed by atoms with Gasteiger partial charge in [0.1, 0.15) is 5.82 Å². The van der Waals surface area contributed by atoms with Crippen LogP contribution in [0.1, 0.15) is 42.1 Å². The zero-order chi connectivity index (χ0) is 22.8. The minimum Gasteiger partial charge on any atom is -0.337 e. The molecule has 166 valence electrons. The molecule has 0 atom stereocenters. The van der Waals surface area contributed by atoms with Gasteiger partial charge >= 0.3 is 5.92 Å². The minimum atomic E-state index is -4.17. The molecule has 2 amide bonds. The third-order valence-electron chi connectivity index (χ3n) is 5.49. The van der Waals surface area contributed by atoms with Crippen LogP contribution in [0.4, 0.5) is 27.6 Å².